The van der Waals surface area contributed by atoms with Crippen molar-refractivity contribution < 1.29 is 18.7 Å². The first-order valence-electron chi connectivity index (χ1n) is 13.0. The van der Waals surface area contributed by atoms with Crippen LogP contribution < -0.4 is 20.3 Å². The smallest absolute Gasteiger partial charge is 0.282 e. The molecule has 5 rings (SSSR count). The Morgan fingerprint density at radius 3 is 2.65 bits per heavy atom. The summed E-state index contributed by atoms with van der Waals surface area (Å²) in [6.07, 6.45) is 6.98. The number of anilines is 1. The topological polar surface area (TPSA) is 94.8 Å². The Hall–Kier alpha value is -3.80. The van der Waals surface area contributed by atoms with Crippen LogP contribution in [0.15, 0.2) is 70.6 Å². The highest BCUT2D eigenvalue weighted by Gasteiger charge is 2.22. The van der Waals surface area contributed by atoms with Crippen LogP contribution in [0.5, 0.6) is 11.5 Å². The first-order valence-corrected chi connectivity index (χ1v) is 14.1. The number of carbonyl (C=O) groups excluding carboxylic acids is 1. The lowest BCUT2D eigenvalue weighted by Gasteiger charge is -2.22. The molecule has 0 saturated heterocycles. The zero-order valence-corrected chi connectivity index (χ0v) is 24.1. The Kier molecular flexibility index (Phi) is 8.73. The Balaban J connectivity index is 1.39. The average molecular weight is 654 g/mol. The van der Waals surface area contributed by atoms with Crippen LogP contribution in [0.2, 0.25) is 0 Å². The number of carbonyl (C=O) groups is 1. The molecule has 1 aliphatic rings. The molecule has 0 atom stereocenters. The number of methoxy groups -OCH3 is 1. The number of ether oxygens (including phenoxy) is 2. The fraction of sp³-hybridized carbons (Fsp3) is 0.267. The van der Waals surface area contributed by atoms with Crippen LogP contribution in [0.25, 0.3) is 10.9 Å². The number of rotatable bonds is 8. The molecule has 0 spiro atoms. The largest absolute Gasteiger partial charge is 0.493 e. The highest BCUT2D eigenvalue weighted by Crippen LogP contribution is 2.34. The van der Waals surface area contributed by atoms with Crippen LogP contribution in [0.3, 0.4) is 0 Å². The van der Waals surface area contributed by atoms with E-state index >= 15 is 0 Å². The predicted octanol–water partition coefficient (Wildman–Crippen LogP) is 6.10. The third-order valence-corrected chi connectivity index (χ3v) is 7.60. The molecule has 0 aliphatic heterocycles. The maximum atomic E-state index is 13.5. The second-order valence-electron chi connectivity index (χ2n) is 9.56. The SMILES string of the molecule is COc1cc(C=Nn2c(C3CCCCC3)nc3ccccc3c2=O)cc(I)c1OCC(=O)Nc1ccc(F)cc1. The Labute approximate surface area is 244 Å². The fourth-order valence-corrected chi connectivity index (χ4v) is 5.61. The van der Waals surface area contributed by atoms with Gasteiger partial charge < -0.3 is 14.8 Å². The molecule has 1 N–H and O–H groups in total. The number of hydrogen-bond donors (Lipinski definition) is 1. The number of fused-ring (bicyclic) bond motifs is 1. The van der Waals surface area contributed by atoms with Crippen LogP contribution in [-0.2, 0) is 4.79 Å². The van der Waals surface area contributed by atoms with Crippen molar-refractivity contribution >= 4 is 51.3 Å². The van der Waals surface area contributed by atoms with Crippen molar-refractivity contribution in [3.05, 3.63) is 91.8 Å². The van der Waals surface area contributed by atoms with Gasteiger partial charge in [0.05, 0.1) is 27.8 Å². The summed E-state index contributed by atoms with van der Waals surface area (Å²) < 4.78 is 26.6. The van der Waals surface area contributed by atoms with Gasteiger partial charge in [-0.2, -0.15) is 9.78 Å². The molecule has 4 aromatic rings. The van der Waals surface area contributed by atoms with E-state index in [1.54, 1.807) is 18.3 Å². The minimum atomic E-state index is -0.395. The maximum absolute atomic E-state index is 13.5. The van der Waals surface area contributed by atoms with Gasteiger partial charge in [-0.05, 0) is 89.5 Å². The first kappa shape index (κ1) is 27.8. The van der Waals surface area contributed by atoms with Crippen LogP contribution >= 0.6 is 22.6 Å². The van der Waals surface area contributed by atoms with Crippen molar-refractivity contribution in [3.63, 3.8) is 0 Å². The third kappa shape index (κ3) is 6.33. The standard InChI is InChI=1S/C30H28FIN4O4/c1-39-26-16-19(15-24(32)28(26)40-18-27(37)34-22-13-11-21(31)12-14-22)17-33-36-29(20-7-3-2-4-8-20)35-25-10-6-5-9-23(25)30(36)38/h5-6,9-17,20H,2-4,7-8,18H2,1H3,(H,34,37). The lowest BCUT2D eigenvalue weighted by atomic mass is 9.88. The Bertz CT molecular complexity index is 1620. The van der Waals surface area contributed by atoms with Crippen LogP contribution in [-0.4, -0.2) is 35.5 Å². The number of amides is 1. The van der Waals surface area contributed by atoms with E-state index in [9.17, 15) is 14.0 Å². The molecular weight excluding hydrogens is 626 g/mol. The summed E-state index contributed by atoms with van der Waals surface area (Å²) in [7, 11) is 1.51. The van der Waals surface area contributed by atoms with Crippen molar-refractivity contribution in [1.82, 2.24) is 9.66 Å². The molecule has 1 amide bonds. The van der Waals surface area contributed by atoms with Gasteiger partial charge in [0.15, 0.2) is 18.1 Å². The van der Waals surface area contributed by atoms with E-state index in [1.165, 1.54) is 42.5 Å². The van der Waals surface area contributed by atoms with E-state index in [4.69, 9.17) is 14.5 Å². The maximum Gasteiger partial charge on any atom is 0.282 e. The molecule has 1 heterocycles. The lowest BCUT2D eigenvalue weighted by Crippen LogP contribution is -2.25. The summed E-state index contributed by atoms with van der Waals surface area (Å²) in [5, 5.41) is 7.79. The number of aromatic nitrogens is 2. The first-order chi connectivity index (χ1) is 19.4. The summed E-state index contributed by atoms with van der Waals surface area (Å²) in [5.41, 5.74) is 1.64. The van der Waals surface area contributed by atoms with Crippen molar-refractivity contribution in [2.75, 3.05) is 19.0 Å². The molecule has 1 saturated carbocycles. The number of halogens is 2. The second-order valence-corrected chi connectivity index (χ2v) is 10.7. The molecular formula is C30H28FIN4O4. The molecule has 0 radical (unpaired) electrons. The molecule has 0 unspecified atom stereocenters. The normalized spacial score (nSPS) is 14.0. The third-order valence-electron chi connectivity index (χ3n) is 6.80. The zero-order chi connectivity index (χ0) is 28.1. The van der Waals surface area contributed by atoms with Crippen molar-refractivity contribution in [1.29, 1.82) is 0 Å². The van der Waals surface area contributed by atoms with Gasteiger partial charge in [0.2, 0.25) is 0 Å². The van der Waals surface area contributed by atoms with Crippen LogP contribution in [0.4, 0.5) is 10.1 Å². The number of benzene rings is 3. The van der Waals surface area contributed by atoms with Crippen LogP contribution in [0.1, 0.15) is 49.4 Å². The molecule has 1 aromatic heterocycles. The lowest BCUT2D eigenvalue weighted by molar-refractivity contribution is -0.118. The Morgan fingerprint density at radius 1 is 1.15 bits per heavy atom. The number of hydrogen-bond acceptors (Lipinski definition) is 6. The number of para-hydroxylation sites is 1. The van der Waals surface area contributed by atoms with E-state index < -0.39 is 5.91 Å². The summed E-state index contributed by atoms with van der Waals surface area (Å²) in [5.74, 6) is 0.905. The van der Waals surface area contributed by atoms with Gasteiger partial charge in [0, 0.05) is 11.6 Å². The minimum Gasteiger partial charge on any atom is -0.493 e. The van der Waals surface area contributed by atoms with Gasteiger partial charge >= 0.3 is 0 Å². The van der Waals surface area contributed by atoms with Gasteiger partial charge in [-0.3, -0.25) is 9.59 Å². The molecule has 8 nitrogen and oxygen atoms in total. The van der Waals surface area contributed by atoms with Gasteiger partial charge in [0.25, 0.3) is 11.5 Å². The van der Waals surface area contributed by atoms with Crippen molar-refractivity contribution in [3.8, 4) is 11.5 Å². The molecule has 10 heteroatoms. The summed E-state index contributed by atoms with van der Waals surface area (Å²) in [6.45, 7) is -0.264. The fourth-order valence-electron chi connectivity index (χ4n) is 4.82. The minimum absolute atomic E-state index is 0.176. The van der Waals surface area contributed by atoms with Gasteiger partial charge in [-0.1, -0.05) is 31.4 Å². The van der Waals surface area contributed by atoms with E-state index in [0.29, 0.717) is 43.0 Å². The molecule has 3 aromatic carbocycles. The van der Waals surface area contributed by atoms with E-state index in [2.05, 4.69) is 33.0 Å². The van der Waals surface area contributed by atoms with Crippen molar-refractivity contribution in [2.24, 2.45) is 5.10 Å². The van der Waals surface area contributed by atoms with E-state index in [0.717, 1.165) is 25.7 Å². The number of nitrogens with zero attached hydrogens (tertiary/aromatic N) is 3. The van der Waals surface area contributed by atoms with E-state index in [1.807, 2.05) is 24.3 Å². The molecule has 206 valence electrons. The molecule has 0 bridgehead atoms. The average Bonchev–Trinajstić information content (AvgIpc) is 2.97. The highest BCUT2D eigenvalue weighted by atomic mass is 127. The van der Waals surface area contributed by atoms with Gasteiger partial charge in [-0.25, -0.2) is 9.37 Å². The molecule has 1 aliphatic carbocycles. The number of nitrogens with one attached hydrogen (secondary N) is 1. The quantitative estimate of drug-likeness (QED) is 0.183. The van der Waals surface area contributed by atoms with Gasteiger partial charge in [0.1, 0.15) is 11.6 Å². The Morgan fingerprint density at radius 2 is 1.90 bits per heavy atom. The predicted molar refractivity (Wildman–Crippen MR) is 161 cm³/mol. The summed E-state index contributed by atoms with van der Waals surface area (Å²) in [4.78, 5) is 30.7. The van der Waals surface area contributed by atoms with E-state index in [-0.39, 0.29) is 23.9 Å². The highest BCUT2D eigenvalue weighted by molar-refractivity contribution is 14.1. The molecule has 1 fully saturated rings. The monoisotopic (exact) mass is 654 g/mol. The van der Waals surface area contributed by atoms with Crippen LogP contribution in [0, 0.1) is 9.39 Å². The second kappa shape index (κ2) is 12.6. The van der Waals surface area contributed by atoms with Crippen molar-refractivity contribution in [2.45, 2.75) is 38.0 Å². The summed E-state index contributed by atoms with van der Waals surface area (Å²) in [6, 6.07) is 16.4. The van der Waals surface area contributed by atoms with Gasteiger partial charge in [-0.15, -0.1) is 0 Å². The molecule has 40 heavy (non-hydrogen) atoms. The zero-order valence-electron chi connectivity index (χ0n) is 21.9. The summed E-state index contributed by atoms with van der Waals surface area (Å²) >= 11 is 2.10.